The monoisotopic (exact) mass is 215 g/mol. The highest BCUT2D eigenvalue weighted by molar-refractivity contribution is 4.78. The van der Waals surface area contributed by atoms with Crippen molar-refractivity contribution in [2.45, 2.75) is 59.3 Å². The Morgan fingerprint density at radius 3 is 2.20 bits per heavy atom. The van der Waals surface area contributed by atoms with E-state index < -0.39 is 0 Å². The summed E-state index contributed by atoms with van der Waals surface area (Å²) in [7, 11) is 0. The summed E-state index contributed by atoms with van der Waals surface area (Å²) in [6, 6.07) is 0. The van der Waals surface area contributed by atoms with Crippen LogP contribution < -0.4 is 5.73 Å². The van der Waals surface area contributed by atoms with Crippen LogP contribution in [0.15, 0.2) is 0 Å². The van der Waals surface area contributed by atoms with Gasteiger partial charge in [-0.25, -0.2) is 0 Å². The molecule has 2 nitrogen and oxygen atoms in total. The molecule has 0 saturated heterocycles. The molecule has 0 saturated carbocycles. The molecule has 0 aromatic rings. The second-order valence-electron chi connectivity index (χ2n) is 4.46. The maximum atomic E-state index is 5.93. The molecule has 1 unspecified atom stereocenters. The van der Waals surface area contributed by atoms with E-state index >= 15 is 0 Å². The molecule has 0 rings (SSSR count). The zero-order chi connectivity index (χ0) is 11.6. The molecule has 0 bridgehead atoms. The van der Waals surface area contributed by atoms with Crippen LogP contribution in [-0.4, -0.2) is 19.8 Å². The van der Waals surface area contributed by atoms with Gasteiger partial charge in [-0.05, 0) is 44.6 Å². The number of unbranched alkanes of at least 4 members (excludes halogenated alkanes) is 1. The van der Waals surface area contributed by atoms with Gasteiger partial charge in [0.2, 0.25) is 0 Å². The molecule has 92 valence electrons. The van der Waals surface area contributed by atoms with Crippen LogP contribution in [0, 0.1) is 5.41 Å². The van der Waals surface area contributed by atoms with Gasteiger partial charge in [0, 0.05) is 13.2 Å². The van der Waals surface area contributed by atoms with Crippen LogP contribution in [0.5, 0.6) is 0 Å². The van der Waals surface area contributed by atoms with Crippen molar-refractivity contribution >= 4 is 0 Å². The lowest BCUT2D eigenvalue weighted by Crippen LogP contribution is -2.30. The Morgan fingerprint density at radius 2 is 1.73 bits per heavy atom. The minimum Gasteiger partial charge on any atom is -0.382 e. The zero-order valence-electron chi connectivity index (χ0n) is 10.8. The summed E-state index contributed by atoms with van der Waals surface area (Å²) >= 11 is 0. The fourth-order valence-corrected chi connectivity index (χ4v) is 2.07. The standard InChI is InChI=1S/C13H29NO/c1-4-7-9-13(5-2,12-14)10-8-11-15-6-3/h4-12,14H2,1-3H3. The van der Waals surface area contributed by atoms with Gasteiger partial charge in [0.05, 0.1) is 0 Å². The van der Waals surface area contributed by atoms with Crippen molar-refractivity contribution in [1.82, 2.24) is 0 Å². The van der Waals surface area contributed by atoms with E-state index in [1.165, 1.54) is 32.1 Å². The van der Waals surface area contributed by atoms with E-state index in [1.807, 2.05) is 6.92 Å². The van der Waals surface area contributed by atoms with Crippen molar-refractivity contribution < 1.29 is 4.74 Å². The van der Waals surface area contributed by atoms with Crippen LogP contribution in [0.3, 0.4) is 0 Å². The summed E-state index contributed by atoms with van der Waals surface area (Å²) < 4.78 is 5.38. The SMILES string of the molecule is CCCCC(CC)(CN)CCCOCC. The van der Waals surface area contributed by atoms with E-state index in [9.17, 15) is 0 Å². The quantitative estimate of drug-likeness (QED) is 0.567. The van der Waals surface area contributed by atoms with E-state index in [4.69, 9.17) is 10.5 Å². The summed E-state index contributed by atoms with van der Waals surface area (Å²) in [5.41, 5.74) is 6.32. The van der Waals surface area contributed by atoms with Gasteiger partial charge in [-0.15, -0.1) is 0 Å². The van der Waals surface area contributed by atoms with Gasteiger partial charge >= 0.3 is 0 Å². The van der Waals surface area contributed by atoms with Crippen LogP contribution in [0.2, 0.25) is 0 Å². The van der Waals surface area contributed by atoms with Gasteiger partial charge < -0.3 is 10.5 Å². The van der Waals surface area contributed by atoms with Gasteiger partial charge in [-0.1, -0.05) is 26.7 Å². The number of ether oxygens (including phenoxy) is 1. The van der Waals surface area contributed by atoms with E-state index in [1.54, 1.807) is 0 Å². The van der Waals surface area contributed by atoms with E-state index in [0.29, 0.717) is 5.41 Å². The number of hydrogen-bond acceptors (Lipinski definition) is 2. The van der Waals surface area contributed by atoms with Gasteiger partial charge in [-0.2, -0.15) is 0 Å². The summed E-state index contributed by atoms with van der Waals surface area (Å²) in [6.45, 7) is 9.12. The van der Waals surface area contributed by atoms with Crippen LogP contribution >= 0.6 is 0 Å². The van der Waals surface area contributed by atoms with Crippen molar-refractivity contribution in [2.75, 3.05) is 19.8 Å². The second kappa shape index (κ2) is 9.17. The van der Waals surface area contributed by atoms with Crippen LogP contribution in [0.4, 0.5) is 0 Å². The average Bonchev–Trinajstić information content (AvgIpc) is 2.29. The lowest BCUT2D eigenvalue weighted by Gasteiger charge is -2.31. The highest BCUT2D eigenvalue weighted by atomic mass is 16.5. The third-order valence-corrected chi connectivity index (χ3v) is 3.44. The van der Waals surface area contributed by atoms with E-state index in [0.717, 1.165) is 26.2 Å². The predicted octanol–water partition coefficient (Wildman–Crippen LogP) is 3.35. The van der Waals surface area contributed by atoms with Crippen LogP contribution in [-0.2, 0) is 4.74 Å². The number of nitrogens with two attached hydrogens (primary N) is 1. The van der Waals surface area contributed by atoms with Gasteiger partial charge in [0.25, 0.3) is 0 Å². The largest absolute Gasteiger partial charge is 0.382 e. The van der Waals surface area contributed by atoms with Crippen LogP contribution in [0.25, 0.3) is 0 Å². The molecule has 1 atom stereocenters. The lowest BCUT2D eigenvalue weighted by molar-refractivity contribution is 0.123. The third-order valence-electron chi connectivity index (χ3n) is 3.44. The third kappa shape index (κ3) is 6.16. The fraction of sp³-hybridized carbons (Fsp3) is 1.00. The Labute approximate surface area is 95.6 Å². The molecule has 15 heavy (non-hydrogen) atoms. The molecule has 2 heteroatoms. The Hall–Kier alpha value is -0.0800. The van der Waals surface area contributed by atoms with Crippen molar-refractivity contribution in [3.05, 3.63) is 0 Å². The second-order valence-corrected chi connectivity index (χ2v) is 4.46. The first kappa shape index (κ1) is 14.9. The smallest absolute Gasteiger partial charge is 0.0466 e. The van der Waals surface area contributed by atoms with Crippen molar-refractivity contribution in [3.63, 3.8) is 0 Å². The van der Waals surface area contributed by atoms with Crippen molar-refractivity contribution in [3.8, 4) is 0 Å². The summed E-state index contributed by atoms with van der Waals surface area (Å²) in [5, 5.41) is 0. The fourth-order valence-electron chi connectivity index (χ4n) is 2.07. The zero-order valence-corrected chi connectivity index (χ0v) is 10.8. The Balaban J connectivity index is 3.88. The average molecular weight is 215 g/mol. The summed E-state index contributed by atoms with van der Waals surface area (Å²) in [4.78, 5) is 0. The molecule has 0 aromatic carbocycles. The maximum Gasteiger partial charge on any atom is 0.0466 e. The first-order valence-corrected chi connectivity index (χ1v) is 6.52. The van der Waals surface area contributed by atoms with Gasteiger partial charge in [0.1, 0.15) is 0 Å². The topological polar surface area (TPSA) is 35.2 Å². The summed E-state index contributed by atoms with van der Waals surface area (Å²) in [5.74, 6) is 0. The normalized spacial score (nSPS) is 15.2. The number of rotatable bonds is 10. The first-order valence-electron chi connectivity index (χ1n) is 6.52. The molecule has 0 fully saturated rings. The van der Waals surface area contributed by atoms with Gasteiger partial charge in [-0.3, -0.25) is 0 Å². The molecule has 0 heterocycles. The molecule has 0 aliphatic heterocycles. The Morgan fingerprint density at radius 1 is 1.07 bits per heavy atom. The van der Waals surface area contributed by atoms with Gasteiger partial charge in [0.15, 0.2) is 0 Å². The number of hydrogen-bond donors (Lipinski definition) is 1. The molecule has 2 N–H and O–H groups in total. The minimum atomic E-state index is 0.382. The summed E-state index contributed by atoms with van der Waals surface area (Å²) in [6.07, 6.45) is 7.44. The molecular formula is C13H29NO. The molecule has 0 spiro atoms. The van der Waals surface area contributed by atoms with Crippen molar-refractivity contribution in [2.24, 2.45) is 11.1 Å². The lowest BCUT2D eigenvalue weighted by atomic mass is 9.76. The predicted molar refractivity (Wildman–Crippen MR) is 67.0 cm³/mol. The molecule has 0 amide bonds. The Kier molecular flexibility index (Phi) is 9.12. The molecule has 0 aliphatic carbocycles. The Bertz CT molecular complexity index is 132. The molecule has 0 radical (unpaired) electrons. The first-order chi connectivity index (χ1) is 7.24. The van der Waals surface area contributed by atoms with E-state index in [2.05, 4.69) is 13.8 Å². The highest BCUT2D eigenvalue weighted by Gasteiger charge is 2.24. The molecule has 0 aliphatic rings. The van der Waals surface area contributed by atoms with E-state index in [-0.39, 0.29) is 0 Å². The molecular weight excluding hydrogens is 186 g/mol. The molecule has 0 aromatic heterocycles. The van der Waals surface area contributed by atoms with Crippen molar-refractivity contribution in [1.29, 1.82) is 0 Å². The highest BCUT2D eigenvalue weighted by Crippen LogP contribution is 2.32. The maximum absolute atomic E-state index is 5.93. The van der Waals surface area contributed by atoms with Crippen LogP contribution in [0.1, 0.15) is 59.3 Å². The minimum absolute atomic E-state index is 0.382.